The molecule has 0 atom stereocenters. The fraction of sp³-hybridized carbons (Fsp3) is 0. The van der Waals surface area contributed by atoms with Crippen molar-refractivity contribution in [3.63, 3.8) is 0 Å². The van der Waals surface area contributed by atoms with Crippen molar-refractivity contribution in [1.29, 1.82) is 0 Å². The van der Waals surface area contributed by atoms with Gasteiger partial charge in [-0.3, -0.25) is 0 Å². The van der Waals surface area contributed by atoms with E-state index in [1.165, 1.54) is 65.5 Å². The van der Waals surface area contributed by atoms with Gasteiger partial charge in [-0.15, -0.1) is 0 Å². The van der Waals surface area contributed by atoms with Gasteiger partial charge < -0.3 is 13.7 Å². The number of rotatable bonds is 7. The zero-order chi connectivity index (χ0) is 45.4. The zero-order valence-electron chi connectivity index (χ0n) is 37.5. The van der Waals surface area contributed by atoms with Gasteiger partial charge in [0.2, 0.25) is 0 Å². The summed E-state index contributed by atoms with van der Waals surface area (Å²) in [5, 5.41) is 7.39. The van der Waals surface area contributed by atoms with E-state index < -0.39 is 0 Å². The molecule has 0 bridgehead atoms. The maximum Gasteiger partial charge on any atom is 0.0715 e. The van der Waals surface area contributed by atoms with Crippen LogP contribution in [0.2, 0.25) is 0 Å². The highest BCUT2D eigenvalue weighted by Gasteiger charge is 2.19. The number of nitrogens with zero attached hydrogens (tertiary/aromatic N) is 4. The van der Waals surface area contributed by atoms with Crippen LogP contribution in [0.15, 0.2) is 255 Å². The van der Waals surface area contributed by atoms with Gasteiger partial charge in [-0.25, -0.2) is 4.98 Å². The maximum absolute atomic E-state index is 5.15. The Balaban J connectivity index is 0.950. The van der Waals surface area contributed by atoms with Gasteiger partial charge in [-0.2, -0.15) is 0 Å². The van der Waals surface area contributed by atoms with Gasteiger partial charge in [0.25, 0.3) is 0 Å². The minimum absolute atomic E-state index is 0.953. The molecule has 0 spiro atoms. The molecule has 10 aromatic carbocycles. The molecule has 0 aliphatic carbocycles. The van der Waals surface area contributed by atoms with Crippen LogP contribution in [0.3, 0.4) is 0 Å². The summed E-state index contributed by atoms with van der Waals surface area (Å²) in [5.74, 6) is 0. The highest BCUT2D eigenvalue weighted by molar-refractivity contribution is 6.14. The molecule has 0 saturated heterocycles. The van der Waals surface area contributed by atoms with E-state index in [0.717, 1.165) is 61.7 Å². The average molecular weight is 879 g/mol. The summed E-state index contributed by atoms with van der Waals surface area (Å²) in [5.41, 5.74) is 19.2. The normalized spacial score (nSPS) is 11.8. The second kappa shape index (κ2) is 15.7. The minimum atomic E-state index is 0.953. The van der Waals surface area contributed by atoms with Crippen LogP contribution in [0.25, 0.3) is 127 Å². The molecule has 0 saturated carbocycles. The SMILES string of the molecule is c1ccc(-c2cc(-c3ccc(-n4c5ccc(-c6ccc7c(c6)c6ccccc6n7-c6ccccc6)cc5c5cc(-n6c7ccccc7c7ccccc76)ccc54)cc3)cc(-c3ccccc3)n2)cc1. The van der Waals surface area contributed by atoms with Gasteiger partial charge in [0.15, 0.2) is 0 Å². The Labute approximate surface area is 398 Å². The lowest BCUT2D eigenvalue weighted by atomic mass is 9.99. The summed E-state index contributed by atoms with van der Waals surface area (Å²) in [6.07, 6.45) is 0. The van der Waals surface area contributed by atoms with Crippen LogP contribution in [0.5, 0.6) is 0 Å². The van der Waals surface area contributed by atoms with Crippen molar-refractivity contribution in [3.8, 4) is 61.8 Å². The highest BCUT2D eigenvalue weighted by atomic mass is 15.0. The first-order chi connectivity index (χ1) is 34.2. The molecule has 0 aliphatic rings. The Bertz CT molecular complexity index is 4160. The number of benzene rings is 10. The van der Waals surface area contributed by atoms with Crippen LogP contribution in [0.1, 0.15) is 0 Å². The molecule has 0 fully saturated rings. The summed E-state index contributed by atoms with van der Waals surface area (Å²) in [4.78, 5) is 5.15. The Morgan fingerprint density at radius 2 is 0.551 bits per heavy atom. The quantitative estimate of drug-likeness (QED) is 0.157. The predicted octanol–water partition coefficient (Wildman–Crippen LogP) is 17.0. The van der Waals surface area contributed by atoms with Gasteiger partial charge in [-0.05, 0) is 119 Å². The summed E-state index contributed by atoms with van der Waals surface area (Å²) < 4.78 is 7.23. The number of para-hydroxylation sites is 4. The third-order valence-corrected chi connectivity index (χ3v) is 14.0. The topological polar surface area (TPSA) is 27.7 Å². The van der Waals surface area contributed by atoms with Crippen LogP contribution >= 0.6 is 0 Å². The van der Waals surface area contributed by atoms with E-state index >= 15 is 0 Å². The molecule has 4 nitrogen and oxygen atoms in total. The van der Waals surface area contributed by atoms with E-state index in [9.17, 15) is 0 Å². The Kier molecular flexibility index (Phi) is 8.86. The summed E-state index contributed by atoms with van der Waals surface area (Å²) in [7, 11) is 0. The summed E-state index contributed by atoms with van der Waals surface area (Å²) >= 11 is 0. The molecule has 14 rings (SSSR count). The lowest BCUT2D eigenvalue weighted by Gasteiger charge is -2.13. The van der Waals surface area contributed by atoms with E-state index in [1.807, 2.05) is 0 Å². The van der Waals surface area contributed by atoms with Crippen LogP contribution in [-0.2, 0) is 0 Å². The van der Waals surface area contributed by atoms with Crippen molar-refractivity contribution in [2.75, 3.05) is 0 Å². The van der Waals surface area contributed by atoms with E-state index in [1.54, 1.807) is 0 Å². The molecule has 0 radical (unpaired) electrons. The first-order valence-electron chi connectivity index (χ1n) is 23.6. The van der Waals surface area contributed by atoms with Gasteiger partial charge in [-0.1, -0.05) is 158 Å². The van der Waals surface area contributed by atoms with Crippen LogP contribution in [0.4, 0.5) is 0 Å². The average Bonchev–Trinajstić information content (AvgIpc) is 4.06. The molecule has 0 unspecified atom stereocenters. The first-order valence-corrected chi connectivity index (χ1v) is 23.6. The number of pyridine rings is 1. The largest absolute Gasteiger partial charge is 0.309 e. The highest BCUT2D eigenvalue weighted by Crippen LogP contribution is 2.41. The van der Waals surface area contributed by atoms with Gasteiger partial charge in [0.1, 0.15) is 0 Å². The molecule has 4 aromatic heterocycles. The Morgan fingerprint density at radius 3 is 1.07 bits per heavy atom. The molecular weight excluding hydrogens is 837 g/mol. The number of hydrogen-bond acceptors (Lipinski definition) is 1. The molecule has 0 amide bonds. The molecule has 14 aromatic rings. The Morgan fingerprint density at radius 1 is 0.203 bits per heavy atom. The fourth-order valence-electron chi connectivity index (χ4n) is 10.8. The Hall–Kier alpha value is -9.25. The smallest absolute Gasteiger partial charge is 0.0715 e. The van der Waals surface area contributed by atoms with Crippen molar-refractivity contribution in [3.05, 3.63) is 255 Å². The van der Waals surface area contributed by atoms with Crippen molar-refractivity contribution in [2.24, 2.45) is 0 Å². The second-order valence-corrected chi connectivity index (χ2v) is 18.0. The number of hydrogen-bond donors (Lipinski definition) is 0. The maximum atomic E-state index is 5.15. The number of fused-ring (bicyclic) bond motifs is 9. The molecule has 0 N–H and O–H groups in total. The molecule has 4 heterocycles. The van der Waals surface area contributed by atoms with Crippen LogP contribution in [0, 0.1) is 0 Å². The third-order valence-electron chi connectivity index (χ3n) is 14.0. The molecule has 69 heavy (non-hydrogen) atoms. The lowest BCUT2D eigenvalue weighted by molar-refractivity contribution is 1.17. The molecule has 0 aliphatic heterocycles. The minimum Gasteiger partial charge on any atom is -0.309 e. The van der Waals surface area contributed by atoms with E-state index in [4.69, 9.17) is 4.98 Å². The van der Waals surface area contributed by atoms with E-state index in [0.29, 0.717) is 0 Å². The van der Waals surface area contributed by atoms with E-state index in [-0.39, 0.29) is 0 Å². The van der Waals surface area contributed by atoms with Crippen molar-refractivity contribution in [1.82, 2.24) is 18.7 Å². The predicted molar refractivity (Wildman–Crippen MR) is 289 cm³/mol. The monoisotopic (exact) mass is 878 g/mol. The first kappa shape index (κ1) is 39.0. The summed E-state index contributed by atoms with van der Waals surface area (Å²) in [6, 6.07) is 92.3. The van der Waals surface area contributed by atoms with Crippen molar-refractivity contribution < 1.29 is 0 Å². The van der Waals surface area contributed by atoms with Crippen molar-refractivity contribution in [2.45, 2.75) is 0 Å². The van der Waals surface area contributed by atoms with Crippen LogP contribution < -0.4 is 0 Å². The van der Waals surface area contributed by atoms with Crippen LogP contribution in [-0.4, -0.2) is 18.7 Å². The summed E-state index contributed by atoms with van der Waals surface area (Å²) in [6.45, 7) is 0. The lowest BCUT2D eigenvalue weighted by Crippen LogP contribution is -1.96. The number of aromatic nitrogens is 4. The zero-order valence-corrected chi connectivity index (χ0v) is 37.5. The van der Waals surface area contributed by atoms with Gasteiger partial charge >= 0.3 is 0 Å². The molecular formula is C65H42N4. The fourth-order valence-corrected chi connectivity index (χ4v) is 10.8. The van der Waals surface area contributed by atoms with Crippen molar-refractivity contribution >= 4 is 65.4 Å². The standard InChI is InChI=1S/C65H42N4/c1-4-16-44(17-5-1)58-40-48(41-59(66-58)45-18-6-2-7-19-45)43-28-32-50(33-29-43)68-64-36-31-47(46-30-35-63-55(38-46)54-24-12-15-27-62(54)67(63)49-20-8-3-9-21-49)39-56(64)57-42-51(34-37-65(57)68)69-60-25-13-10-22-52(60)53-23-11-14-26-61(53)69/h1-42H. The van der Waals surface area contributed by atoms with Gasteiger partial charge in [0, 0.05) is 60.5 Å². The second-order valence-electron chi connectivity index (χ2n) is 18.0. The molecule has 4 heteroatoms. The third kappa shape index (κ3) is 6.34. The van der Waals surface area contributed by atoms with Gasteiger partial charge in [0.05, 0.1) is 44.5 Å². The van der Waals surface area contributed by atoms with E-state index in [2.05, 4.69) is 268 Å². The molecule has 322 valence electrons.